The Morgan fingerprint density at radius 1 is 1.15 bits per heavy atom. The summed E-state index contributed by atoms with van der Waals surface area (Å²) in [7, 11) is 0. The Labute approximate surface area is 149 Å². The summed E-state index contributed by atoms with van der Waals surface area (Å²) in [5, 5.41) is 3.74. The third-order valence-electron chi connectivity index (χ3n) is 4.04. The van der Waals surface area contributed by atoms with Crippen LogP contribution in [-0.4, -0.2) is 25.8 Å². The van der Waals surface area contributed by atoms with Gasteiger partial charge in [-0.1, -0.05) is 18.7 Å². The van der Waals surface area contributed by atoms with Crippen LogP contribution >= 0.6 is 0 Å². The fourth-order valence-corrected chi connectivity index (χ4v) is 2.79. The maximum Gasteiger partial charge on any atom is 0.247 e. The molecule has 2 N–H and O–H groups in total. The predicted octanol–water partition coefficient (Wildman–Crippen LogP) is 3.81. The van der Waals surface area contributed by atoms with Gasteiger partial charge >= 0.3 is 0 Å². The van der Waals surface area contributed by atoms with Crippen LogP contribution in [0.5, 0.6) is 0 Å². The summed E-state index contributed by atoms with van der Waals surface area (Å²) < 4.78 is 0. The third-order valence-corrected chi connectivity index (χ3v) is 4.04. The van der Waals surface area contributed by atoms with Crippen molar-refractivity contribution in [2.75, 3.05) is 5.32 Å². The van der Waals surface area contributed by atoms with Crippen LogP contribution in [0.4, 0.5) is 5.69 Å². The van der Waals surface area contributed by atoms with Crippen LogP contribution in [0, 0.1) is 0 Å². The average Bonchev–Trinajstić information content (AvgIpc) is 3.12. The minimum Gasteiger partial charge on any atom is -0.345 e. The Morgan fingerprint density at radius 3 is 2.88 bits per heavy atom. The number of rotatable bonds is 4. The Bertz CT molecular complexity index is 1100. The number of pyridine rings is 1. The van der Waals surface area contributed by atoms with E-state index in [9.17, 15) is 4.79 Å². The topological polar surface area (TPSA) is 83.6 Å². The number of hydrogen-bond donors (Lipinski definition) is 2. The number of nitrogens with zero attached hydrogens (tertiary/aromatic N) is 3. The van der Waals surface area contributed by atoms with Crippen LogP contribution < -0.4 is 5.32 Å². The molecular weight excluding hydrogens is 326 g/mol. The molecule has 1 aromatic carbocycles. The maximum atomic E-state index is 11.5. The van der Waals surface area contributed by atoms with Gasteiger partial charge in [-0.15, -0.1) is 0 Å². The van der Waals surface area contributed by atoms with Crippen molar-refractivity contribution in [1.82, 2.24) is 19.9 Å². The largest absolute Gasteiger partial charge is 0.345 e. The second-order valence-corrected chi connectivity index (χ2v) is 5.69. The quantitative estimate of drug-likeness (QED) is 0.553. The van der Waals surface area contributed by atoms with E-state index in [2.05, 4.69) is 37.9 Å². The van der Waals surface area contributed by atoms with Gasteiger partial charge in [-0.05, 0) is 35.9 Å². The second kappa shape index (κ2) is 6.60. The molecule has 3 heterocycles. The number of fused-ring (bicyclic) bond motifs is 1. The molecule has 26 heavy (non-hydrogen) atoms. The first-order valence-electron chi connectivity index (χ1n) is 8.02. The summed E-state index contributed by atoms with van der Waals surface area (Å²) in [6.45, 7) is 3.47. The number of nitrogens with one attached hydrogen (secondary N) is 2. The number of amides is 1. The lowest BCUT2D eigenvalue weighted by Crippen LogP contribution is -2.06. The number of hydrogen-bond acceptors (Lipinski definition) is 4. The van der Waals surface area contributed by atoms with E-state index in [1.807, 2.05) is 36.5 Å². The molecule has 0 unspecified atom stereocenters. The molecule has 6 heteroatoms. The highest BCUT2D eigenvalue weighted by atomic mass is 16.1. The van der Waals surface area contributed by atoms with Gasteiger partial charge in [0.25, 0.3) is 0 Å². The number of benzene rings is 1. The predicted molar refractivity (Wildman–Crippen MR) is 101 cm³/mol. The van der Waals surface area contributed by atoms with Gasteiger partial charge in [-0.25, -0.2) is 15.0 Å². The Kier molecular flexibility index (Phi) is 3.99. The molecule has 4 rings (SSSR count). The number of aromatic nitrogens is 4. The van der Waals surface area contributed by atoms with E-state index >= 15 is 0 Å². The number of aromatic amines is 1. The van der Waals surface area contributed by atoms with Gasteiger partial charge < -0.3 is 10.3 Å². The number of carbonyl (C=O) groups excluding carboxylic acids is 1. The summed E-state index contributed by atoms with van der Waals surface area (Å²) in [4.78, 5) is 27.5. The normalized spacial score (nSPS) is 10.6. The molecule has 0 radical (unpaired) electrons. The van der Waals surface area contributed by atoms with Crippen molar-refractivity contribution in [3.63, 3.8) is 0 Å². The highest BCUT2D eigenvalue weighted by molar-refractivity contribution is 5.99. The lowest BCUT2D eigenvalue weighted by molar-refractivity contribution is -0.111. The van der Waals surface area contributed by atoms with E-state index in [1.165, 1.54) is 12.4 Å². The molecule has 0 aliphatic heterocycles. The van der Waals surface area contributed by atoms with Gasteiger partial charge in [-0.2, -0.15) is 0 Å². The zero-order valence-corrected chi connectivity index (χ0v) is 13.8. The van der Waals surface area contributed by atoms with Gasteiger partial charge in [0, 0.05) is 40.8 Å². The standard InChI is InChI=1S/C20H15N5O/c1-2-19(26)25-15-5-3-4-13(8-15)14-9-16-17(11-23-20(16)22-10-14)18-6-7-21-12-24-18/h2-12H,1H2,(H,22,23)(H,25,26). The van der Waals surface area contributed by atoms with Crippen LogP contribution in [0.15, 0.2) is 74.0 Å². The average molecular weight is 341 g/mol. The van der Waals surface area contributed by atoms with Crippen LogP contribution in [0.25, 0.3) is 33.4 Å². The fourth-order valence-electron chi connectivity index (χ4n) is 2.79. The SMILES string of the molecule is C=CC(=O)Nc1cccc(-c2cnc3[nH]cc(-c4ccncn4)c3c2)c1. The van der Waals surface area contributed by atoms with Crippen molar-refractivity contribution < 1.29 is 4.79 Å². The zero-order chi connectivity index (χ0) is 17.9. The fraction of sp³-hybridized carbons (Fsp3) is 0. The third kappa shape index (κ3) is 2.95. The molecule has 0 saturated carbocycles. The molecule has 4 aromatic rings. The Hall–Kier alpha value is -3.80. The minimum absolute atomic E-state index is 0.243. The molecule has 0 aliphatic rings. The Balaban J connectivity index is 1.77. The van der Waals surface area contributed by atoms with Crippen molar-refractivity contribution >= 4 is 22.6 Å². The minimum atomic E-state index is -0.243. The first-order valence-corrected chi connectivity index (χ1v) is 8.02. The second-order valence-electron chi connectivity index (χ2n) is 5.69. The first-order chi connectivity index (χ1) is 12.7. The van der Waals surface area contributed by atoms with E-state index in [-0.39, 0.29) is 5.91 Å². The molecule has 126 valence electrons. The molecule has 6 nitrogen and oxygen atoms in total. The van der Waals surface area contributed by atoms with E-state index in [0.29, 0.717) is 5.69 Å². The van der Waals surface area contributed by atoms with Crippen molar-refractivity contribution in [2.24, 2.45) is 0 Å². The number of carbonyl (C=O) groups is 1. The molecule has 0 atom stereocenters. The smallest absolute Gasteiger partial charge is 0.247 e. The monoisotopic (exact) mass is 341 g/mol. The molecule has 3 aromatic heterocycles. The summed E-state index contributed by atoms with van der Waals surface area (Å²) in [6, 6.07) is 11.5. The van der Waals surface area contributed by atoms with Crippen molar-refractivity contribution in [2.45, 2.75) is 0 Å². The lowest BCUT2D eigenvalue weighted by atomic mass is 10.0. The van der Waals surface area contributed by atoms with Crippen LogP contribution in [0.3, 0.4) is 0 Å². The maximum absolute atomic E-state index is 11.5. The van der Waals surface area contributed by atoms with Gasteiger partial charge in [-0.3, -0.25) is 4.79 Å². The van der Waals surface area contributed by atoms with Crippen LogP contribution in [-0.2, 0) is 4.79 Å². The van der Waals surface area contributed by atoms with E-state index in [0.717, 1.165) is 33.4 Å². The summed E-state index contributed by atoms with van der Waals surface area (Å²) in [5.74, 6) is -0.243. The number of H-pyrrole nitrogens is 1. The van der Waals surface area contributed by atoms with Gasteiger partial charge in [0.15, 0.2) is 0 Å². The lowest BCUT2D eigenvalue weighted by Gasteiger charge is -2.07. The van der Waals surface area contributed by atoms with Crippen LogP contribution in [0.1, 0.15) is 0 Å². The molecule has 0 fully saturated rings. The Morgan fingerprint density at radius 2 is 2.08 bits per heavy atom. The summed E-state index contributed by atoms with van der Waals surface area (Å²) in [6.07, 6.45) is 8.18. The summed E-state index contributed by atoms with van der Waals surface area (Å²) in [5.41, 5.74) is 5.19. The van der Waals surface area contributed by atoms with Crippen molar-refractivity contribution in [3.05, 3.63) is 74.0 Å². The zero-order valence-electron chi connectivity index (χ0n) is 13.8. The van der Waals surface area contributed by atoms with E-state index in [4.69, 9.17) is 0 Å². The molecule has 0 saturated heterocycles. The van der Waals surface area contributed by atoms with Gasteiger partial charge in [0.05, 0.1) is 5.69 Å². The molecule has 0 bridgehead atoms. The van der Waals surface area contributed by atoms with Crippen molar-refractivity contribution in [3.8, 4) is 22.4 Å². The first kappa shape index (κ1) is 15.7. The highest BCUT2D eigenvalue weighted by Gasteiger charge is 2.10. The van der Waals surface area contributed by atoms with Crippen molar-refractivity contribution in [1.29, 1.82) is 0 Å². The van der Waals surface area contributed by atoms with E-state index < -0.39 is 0 Å². The number of anilines is 1. The molecule has 1 amide bonds. The van der Waals surface area contributed by atoms with Gasteiger partial charge in [0.2, 0.25) is 5.91 Å². The summed E-state index contributed by atoms with van der Waals surface area (Å²) >= 11 is 0. The molecular formula is C20H15N5O. The van der Waals surface area contributed by atoms with Crippen LogP contribution in [0.2, 0.25) is 0 Å². The van der Waals surface area contributed by atoms with Gasteiger partial charge in [0.1, 0.15) is 12.0 Å². The van der Waals surface area contributed by atoms with E-state index in [1.54, 1.807) is 12.4 Å². The highest BCUT2D eigenvalue weighted by Crippen LogP contribution is 2.30. The molecule has 0 aliphatic carbocycles. The molecule has 0 spiro atoms.